The lowest BCUT2D eigenvalue weighted by Gasteiger charge is -2.27. The lowest BCUT2D eigenvalue weighted by Crippen LogP contribution is -2.33. The van der Waals surface area contributed by atoms with E-state index in [0.717, 1.165) is 47.1 Å². The molecule has 0 radical (unpaired) electrons. The molecule has 3 aromatic rings. The Labute approximate surface area is 162 Å². The van der Waals surface area contributed by atoms with Gasteiger partial charge in [-0.15, -0.1) is 0 Å². The van der Waals surface area contributed by atoms with Crippen LogP contribution in [0, 0.1) is 5.92 Å². The summed E-state index contributed by atoms with van der Waals surface area (Å²) in [6, 6.07) is 1.98. The minimum absolute atomic E-state index is 0.140. The molecule has 28 heavy (non-hydrogen) atoms. The van der Waals surface area contributed by atoms with Crippen LogP contribution in [0.2, 0.25) is 0 Å². The molecule has 2 N–H and O–H groups in total. The van der Waals surface area contributed by atoms with E-state index in [0.29, 0.717) is 25.2 Å². The third-order valence-corrected chi connectivity index (χ3v) is 5.99. The van der Waals surface area contributed by atoms with Gasteiger partial charge in [0.25, 0.3) is 5.91 Å². The van der Waals surface area contributed by atoms with Crippen LogP contribution < -0.4 is 10.2 Å². The Balaban J connectivity index is 1.31. The second-order valence-electron chi connectivity index (χ2n) is 7.74. The third-order valence-electron chi connectivity index (χ3n) is 5.99. The predicted molar refractivity (Wildman–Crippen MR) is 104 cm³/mol. The van der Waals surface area contributed by atoms with Crippen LogP contribution in [0.3, 0.4) is 0 Å². The molecule has 1 aliphatic heterocycles. The van der Waals surface area contributed by atoms with Gasteiger partial charge in [0.05, 0.1) is 11.9 Å². The zero-order valence-electron chi connectivity index (χ0n) is 15.8. The zero-order valence-corrected chi connectivity index (χ0v) is 15.8. The first kappa shape index (κ1) is 17.2. The van der Waals surface area contributed by atoms with E-state index in [4.69, 9.17) is 4.52 Å². The number of aromatic nitrogens is 4. The van der Waals surface area contributed by atoms with Gasteiger partial charge in [-0.2, -0.15) is 0 Å². The number of hydrogen-bond acceptors (Lipinski definition) is 6. The molecule has 0 spiro atoms. The average molecular weight is 380 g/mol. The van der Waals surface area contributed by atoms with Crippen LogP contribution in [0.25, 0.3) is 11.0 Å². The number of H-pyrrole nitrogens is 1. The van der Waals surface area contributed by atoms with E-state index in [1.807, 2.05) is 12.3 Å². The number of hydrogen-bond donors (Lipinski definition) is 2. The van der Waals surface area contributed by atoms with Gasteiger partial charge in [0.1, 0.15) is 23.6 Å². The number of fused-ring (bicyclic) bond motifs is 2. The van der Waals surface area contributed by atoms with Gasteiger partial charge in [-0.25, -0.2) is 9.97 Å². The molecule has 0 saturated heterocycles. The van der Waals surface area contributed by atoms with E-state index >= 15 is 0 Å². The molecule has 0 unspecified atom stereocenters. The number of aromatic amines is 1. The fraction of sp³-hybridized carbons (Fsp3) is 0.500. The first-order chi connectivity index (χ1) is 13.8. The van der Waals surface area contributed by atoms with Gasteiger partial charge in [-0.05, 0) is 18.4 Å². The molecular formula is C20H24N6O2. The van der Waals surface area contributed by atoms with E-state index in [1.54, 1.807) is 6.33 Å². The second-order valence-corrected chi connectivity index (χ2v) is 7.74. The van der Waals surface area contributed by atoms with Gasteiger partial charge in [0.2, 0.25) is 0 Å². The lowest BCUT2D eigenvalue weighted by atomic mass is 10.0. The number of nitrogens with one attached hydrogen (secondary N) is 2. The van der Waals surface area contributed by atoms with E-state index in [2.05, 4.69) is 30.3 Å². The van der Waals surface area contributed by atoms with Crippen LogP contribution in [-0.2, 0) is 13.0 Å². The number of anilines is 1. The summed E-state index contributed by atoms with van der Waals surface area (Å²) in [5.74, 6) is 2.28. The maximum atomic E-state index is 12.7. The van der Waals surface area contributed by atoms with Crippen molar-refractivity contribution in [1.29, 1.82) is 0 Å². The molecule has 3 aromatic heterocycles. The minimum atomic E-state index is -0.140. The van der Waals surface area contributed by atoms with Gasteiger partial charge in [0.15, 0.2) is 5.69 Å². The van der Waals surface area contributed by atoms with Crippen LogP contribution in [0.1, 0.15) is 53.9 Å². The van der Waals surface area contributed by atoms with Crippen molar-refractivity contribution in [1.82, 2.24) is 25.4 Å². The summed E-state index contributed by atoms with van der Waals surface area (Å²) in [7, 11) is 0. The molecule has 1 aliphatic carbocycles. The molecule has 2 aliphatic rings. The van der Waals surface area contributed by atoms with Crippen molar-refractivity contribution in [2.75, 3.05) is 18.0 Å². The zero-order chi connectivity index (χ0) is 18.9. The molecule has 8 nitrogen and oxygen atoms in total. The Morgan fingerprint density at radius 3 is 3.11 bits per heavy atom. The Morgan fingerprint density at radius 2 is 2.21 bits per heavy atom. The number of rotatable bonds is 5. The maximum Gasteiger partial charge on any atom is 0.273 e. The normalized spacial score (nSPS) is 17.2. The molecule has 0 aromatic carbocycles. The Bertz CT molecular complexity index is 988. The van der Waals surface area contributed by atoms with Crippen LogP contribution in [0.4, 0.5) is 5.82 Å². The topological polar surface area (TPSA) is 99.9 Å². The number of nitrogens with zero attached hydrogens (tertiary/aromatic N) is 4. The molecule has 1 fully saturated rings. The second kappa shape index (κ2) is 7.26. The van der Waals surface area contributed by atoms with Crippen molar-refractivity contribution >= 4 is 22.8 Å². The summed E-state index contributed by atoms with van der Waals surface area (Å²) in [5, 5.41) is 8.08. The fourth-order valence-corrected chi connectivity index (χ4v) is 4.45. The minimum Gasteiger partial charge on any atom is -0.360 e. The van der Waals surface area contributed by atoms with Gasteiger partial charge in [0, 0.05) is 31.3 Å². The van der Waals surface area contributed by atoms with Gasteiger partial charge >= 0.3 is 0 Å². The first-order valence-electron chi connectivity index (χ1n) is 10.1. The van der Waals surface area contributed by atoms with Crippen LogP contribution in [0.15, 0.2) is 23.1 Å². The summed E-state index contributed by atoms with van der Waals surface area (Å²) in [6.07, 6.45) is 10.4. The Morgan fingerprint density at radius 1 is 1.32 bits per heavy atom. The molecule has 0 atom stereocenters. The standard InChI is InChI=1S/C20H24N6O2/c27-20(22-8-5-13-3-1-2-4-13)17-15-11-26(10-7-16(15)28-25-17)19-14-6-9-21-18(14)23-12-24-19/h6,9,12-13H,1-5,7-8,10-11H2,(H,22,27)(H,21,23,24). The largest absolute Gasteiger partial charge is 0.360 e. The van der Waals surface area contributed by atoms with Crippen molar-refractivity contribution in [2.24, 2.45) is 5.92 Å². The van der Waals surface area contributed by atoms with E-state index in [-0.39, 0.29) is 5.91 Å². The van der Waals surface area contributed by atoms with Crippen molar-refractivity contribution < 1.29 is 9.32 Å². The molecule has 0 bridgehead atoms. The van der Waals surface area contributed by atoms with Gasteiger partial charge < -0.3 is 19.7 Å². The highest BCUT2D eigenvalue weighted by molar-refractivity contribution is 5.94. The van der Waals surface area contributed by atoms with Crippen molar-refractivity contribution in [2.45, 2.75) is 45.1 Å². The number of amides is 1. The number of carbonyl (C=O) groups is 1. The summed E-state index contributed by atoms with van der Waals surface area (Å²) in [6.45, 7) is 2.02. The fourth-order valence-electron chi connectivity index (χ4n) is 4.45. The first-order valence-corrected chi connectivity index (χ1v) is 10.1. The van der Waals surface area contributed by atoms with E-state index in [1.165, 1.54) is 25.7 Å². The molecular weight excluding hydrogens is 356 g/mol. The predicted octanol–water partition coefficient (Wildman–Crippen LogP) is 2.82. The monoisotopic (exact) mass is 380 g/mol. The lowest BCUT2D eigenvalue weighted by molar-refractivity contribution is 0.0941. The van der Waals surface area contributed by atoms with Crippen molar-refractivity contribution in [3.63, 3.8) is 0 Å². The highest BCUT2D eigenvalue weighted by atomic mass is 16.5. The smallest absolute Gasteiger partial charge is 0.273 e. The van der Waals surface area contributed by atoms with Crippen LogP contribution in [-0.4, -0.2) is 39.1 Å². The van der Waals surface area contributed by atoms with Crippen LogP contribution in [0.5, 0.6) is 0 Å². The molecule has 146 valence electrons. The van der Waals surface area contributed by atoms with E-state index < -0.39 is 0 Å². The summed E-state index contributed by atoms with van der Waals surface area (Å²) in [4.78, 5) is 26.7. The van der Waals surface area contributed by atoms with Crippen molar-refractivity contribution in [3.8, 4) is 0 Å². The third kappa shape index (κ3) is 3.12. The Hall–Kier alpha value is -2.90. The van der Waals surface area contributed by atoms with Gasteiger partial charge in [-0.3, -0.25) is 4.79 Å². The maximum absolute atomic E-state index is 12.7. The molecule has 5 rings (SSSR count). The summed E-state index contributed by atoms with van der Waals surface area (Å²) in [5.41, 5.74) is 2.09. The SMILES string of the molecule is O=C(NCCC1CCCC1)c1noc2c1CN(c1ncnc3[nH]ccc13)CC2. The van der Waals surface area contributed by atoms with E-state index in [9.17, 15) is 4.79 Å². The van der Waals surface area contributed by atoms with Crippen molar-refractivity contribution in [3.05, 3.63) is 35.6 Å². The highest BCUT2D eigenvalue weighted by Crippen LogP contribution is 2.30. The Kier molecular flexibility index (Phi) is 4.46. The highest BCUT2D eigenvalue weighted by Gasteiger charge is 2.29. The molecule has 8 heteroatoms. The van der Waals surface area contributed by atoms with Crippen LogP contribution >= 0.6 is 0 Å². The molecule has 1 saturated carbocycles. The average Bonchev–Trinajstić information content (AvgIpc) is 3.46. The summed E-state index contributed by atoms with van der Waals surface area (Å²) >= 11 is 0. The quantitative estimate of drug-likeness (QED) is 0.706. The molecule has 4 heterocycles. The van der Waals surface area contributed by atoms with Gasteiger partial charge in [-0.1, -0.05) is 30.8 Å². The number of carbonyl (C=O) groups excluding carboxylic acids is 1. The summed E-state index contributed by atoms with van der Waals surface area (Å²) < 4.78 is 5.47. The molecule has 1 amide bonds.